The molecule has 32 N–H and O–H groups in total. The van der Waals surface area contributed by atoms with Gasteiger partial charge in [0.25, 0.3) is 0 Å². The topological polar surface area (TPSA) is 799 Å². The summed E-state index contributed by atoms with van der Waals surface area (Å²) < 4.78 is 0. The van der Waals surface area contributed by atoms with Crippen LogP contribution < -0.4 is 120 Å². The number of phenolic OH excluding ortho intramolecular Hbond substituents is 2. The third-order valence-corrected chi connectivity index (χ3v) is 27.5. The Morgan fingerprint density at radius 1 is 0.391 bits per heavy atom. The first-order chi connectivity index (χ1) is 65.0. The number of carbonyl (C=O) groups is 22. The minimum atomic E-state index is -2.04. The van der Waals surface area contributed by atoms with Crippen molar-refractivity contribution < 1.29 is 116 Å². The second-order valence-corrected chi connectivity index (χ2v) is 39.9. The number of nitrogens with zero attached hydrogens (tertiary/aromatic N) is 2. The molecule has 52 heteroatoms. The number of aromatic hydroxyl groups is 2. The Bertz CT molecular complexity index is 4380. The molecule has 22 amide bonds. The van der Waals surface area contributed by atoms with Crippen LogP contribution in [0.2, 0.25) is 0 Å². The maximum atomic E-state index is 15.2. The maximum absolute atomic E-state index is 15.2. The average Bonchev–Trinajstić information content (AvgIpc) is 1.68. The standard InChI is InChI=1S/C86H132N24O24S4/c1-9-43(7)69-83(131)97-51(23-25-63(89)113)75(123)101-57(33-65(91)115)77(125)105-59(85(133)109-27-11-13-61(109)81(129)103-53(29-41(3)4)73(121)95-35-67(93)117)39-138-136-38-50(88)72(120)100-56(32-46-17-21-48(112)22-18-46)80(128)108-70(44(8)10-2)84(132)98-52(24-26-64(90)114)76(124)102-58(34-66(92)116)78(126)106-60(40-137-135-37-49(87)71(119)99-55(79(127)107-69)31-45-15-19-47(111)20-16-45)86(134)110-28-12-14-62(110)82(130)104-54(30-42(5)6)74(122)96-36-68(94)118/h15-22,41-44,49-62,69-70,111-112H,9-14,23-40,87-88H2,1-8H3,(H2,89,113)(H2,90,114)(H2,91,115)(H2,92,116)(H2,93,117)(H2,94,118)(H,95,121)(H,96,122)(H,97,131)(H,98,132)(H,99,119)(H,100,120)(H,101,123)(H,102,124)(H,103,129)(H,104,130)(H,105,125)(H,106,126)(H,107,127)(H,108,128)/t43-,44-,49-,50-,51-,52?,53-,54-,55-,56-,57?,58-,59-,60?,61-,62-,69-,70-/m0/s1. The quantitative estimate of drug-likeness (QED) is 0.0290. The first kappa shape index (κ1) is 116. The molecule has 2 aromatic carbocycles. The van der Waals surface area contributed by atoms with Gasteiger partial charge in [-0.3, -0.25) is 105 Å². The SMILES string of the molecule is CC[C@H](C)[C@@H]1NC(=O)[C@H](Cc2ccc(O)cc2)NC(=O)[C@@H](N)CSSC[C@@H](C(=O)N2CCC[C@H]2C(=O)N[C@@H](CC(C)C)C(=O)NCC(N)=O)NC(=O)C(CC(N)=O)NC(=O)[C@H](CCC(N)=O)NC(=O)[C@H]([C@@H](C)CC)NC(=O)[C@H](Cc2ccc(O)cc2)NC(=O)[C@@H](N)CSSCC(C(=O)N2CCC[C@H]2C(=O)N[C@@H](CC(C)C)C(=O)NCC(N)=O)NC(=O)[C@H](CC(N)=O)NC(=O)C(CCC(N)=O)NC1=O. The fourth-order valence-corrected chi connectivity index (χ4v) is 19.2. The lowest BCUT2D eigenvalue weighted by Gasteiger charge is -2.31. The van der Waals surface area contributed by atoms with Crippen molar-refractivity contribution in [2.24, 2.45) is 69.5 Å². The van der Waals surface area contributed by atoms with E-state index in [9.17, 15) is 106 Å². The number of phenols is 2. The molecule has 3 aliphatic heterocycles. The number of hydrogen-bond donors (Lipinski definition) is 24. The molecule has 3 unspecified atom stereocenters. The number of primary amides is 6. The van der Waals surface area contributed by atoms with Gasteiger partial charge < -0.3 is 140 Å². The molecule has 0 aromatic heterocycles. The summed E-state index contributed by atoms with van der Waals surface area (Å²) in [7, 11) is 3.31. The van der Waals surface area contributed by atoms with E-state index in [-0.39, 0.29) is 112 Å². The monoisotopic (exact) mass is 2010 g/mol. The van der Waals surface area contributed by atoms with Crippen LogP contribution in [0.25, 0.3) is 0 Å². The molecule has 764 valence electrons. The summed E-state index contributed by atoms with van der Waals surface area (Å²) in [5, 5.41) is 55.7. The van der Waals surface area contributed by atoms with Crippen molar-refractivity contribution in [2.45, 2.75) is 255 Å². The number of likely N-dealkylation sites (tertiary alicyclic amines) is 2. The molecule has 2 aromatic rings. The van der Waals surface area contributed by atoms with Crippen LogP contribution in [0.3, 0.4) is 0 Å². The van der Waals surface area contributed by atoms with Gasteiger partial charge in [0.1, 0.15) is 96.1 Å². The van der Waals surface area contributed by atoms with E-state index < -0.39 is 302 Å². The number of hydrogen-bond acceptors (Lipinski definition) is 30. The summed E-state index contributed by atoms with van der Waals surface area (Å²) in [5.41, 5.74) is 47.0. The minimum Gasteiger partial charge on any atom is -0.508 e. The van der Waals surface area contributed by atoms with Gasteiger partial charge in [-0.15, -0.1) is 0 Å². The van der Waals surface area contributed by atoms with E-state index in [1.807, 2.05) is 0 Å². The molecular weight excluding hydrogens is 1880 g/mol. The molecule has 48 nitrogen and oxygen atoms in total. The van der Waals surface area contributed by atoms with Gasteiger partial charge in [-0.25, -0.2) is 0 Å². The van der Waals surface area contributed by atoms with E-state index in [4.69, 9.17) is 45.9 Å². The third kappa shape index (κ3) is 39.3. The van der Waals surface area contributed by atoms with Crippen LogP contribution in [-0.4, -0.2) is 296 Å². The van der Waals surface area contributed by atoms with Crippen LogP contribution >= 0.6 is 43.2 Å². The molecule has 3 saturated heterocycles. The highest BCUT2D eigenvalue weighted by atomic mass is 33.1. The number of rotatable bonds is 34. The highest BCUT2D eigenvalue weighted by Crippen LogP contribution is 2.29. The Labute approximate surface area is 813 Å². The number of carbonyl (C=O) groups excluding carboxylic acids is 22. The van der Waals surface area contributed by atoms with E-state index in [1.54, 1.807) is 41.5 Å². The third-order valence-electron chi connectivity index (χ3n) is 22.6. The van der Waals surface area contributed by atoms with Crippen molar-refractivity contribution in [3.05, 3.63) is 59.7 Å². The highest BCUT2D eigenvalue weighted by Gasteiger charge is 2.45. The zero-order valence-corrected chi connectivity index (χ0v) is 81.4. The zero-order valence-electron chi connectivity index (χ0n) is 78.2. The molecule has 3 fully saturated rings. The highest BCUT2D eigenvalue weighted by molar-refractivity contribution is 8.77. The summed E-state index contributed by atoms with van der Waals surface area (Å²) in [6, 6.07) is -15.4. The molecule has 0 spiro atoms. The molecule has 0 saturated carbocycles. The van der Waals surface area contributed by atoms with Gasteiger partial charge in [0.15, 0.2) is 0 Å². The fraction of sp³-hybridized carbons (Fsp3) is 0.605. The predicted molar refractivity (Wildman–Crippen MR) is 509 cm³/mol. The normalized spacial score (nSPS) is 24.3. The number of nitrogens with one attached hydrogen (secondary N) is 14. The molecule has 18 atom stereocenters. The van der Waals surface area contributed by atoms with Crippen LogP contribution in [0, 0.1) is 23.7 Å². The van der Waals surface area contributed by atoms with Gasteiger partial charge in [-0.2, -0.15) is 0 Å². The van der Waals surface area contributed by atoms with E-state index in [0.29, 0.717) is 11.1 Å². The molecule has 5 rings (SSSR count). The molecule has 138 heavy (non-hydrogen) atoms. The first-order valence-corrected chi connectivity index (χ1v) is 50.1. The van der Waals surface area contributed by atoms with Crippen molar-refractivity contribution in [2.75, 3.05) is 49.2 Å². The largest absolute Gasteiger partial charge is 0.508 e. The molecular formula is C86H132N24O24S4. The Kier molecular flexibility index (Phi) is 48.7. The van der Waals surface area contributed by atoms with Gasteiger partial charge in [0, 0.05) is 61.8 Å². The first-order valence-electron chi connectivity index (χ1n) is 45.1. The number of benzene rings is 2. The fourth-order valence-electron chi connectivity index (χ4n) is 14.7. The number of amides is 22. The van der Waals surface area contributed by atoms with E-state index >= 15 is 9.59 Å². The van der Waals surface area contributed by atoms with Crippen molar-refractivity contribution in [3.8, 4) is 11.5 Å². The van der Waals surface area contributed by atoms with Crippen LogP contribution in [0.5, 0.6) is 11.5 Å². The second kappa shape index (κ2) is 57.8. The lowest BCUT2D eigenvalue weighted by atomic mass is 9.96. The van der Waals surface area contributed by atoms with Gasteiger partial charge in [0.2, 0.25) is 130 Å². The lowest BCUT2D eigenvalue weighted by molar-refractivity contribution is -0.142. The van der Waals surface area contributed by atoms with Gasteiger partial charge in [-0.1, -0.05) is 136 Å². The zero-order chi connectivity index (χ0) is 103. The molecule has 0 aliphatic carbocycles. The van der Waals surface area contributed by atoms with Crippen LogP contribution in [0.1, 0.15) is 156 Å². The molecule has 0 radical (unpaired) electrons. The molecule has 3 aliphatic rings. The van der Waals surface area contributed by atoms with Crippen LogP contribution in [0.4, 0.5) is 0 Å². The van der Waals surface area contributed by atoms with E-state index in [2.05, 4.69) is 74.4 Å². The Morgan fingerprint density at radius 2 is 0.696 bits per heavy atom. The Balaban J connectivity index is 1.68. The second-order valence-electron chi connectivity index (χ2n) is 34.8. The van der Waals surface area contributed by atoms with E-state index in [0.717, 1.165) is 53.0 Å². The summed E-state index contributed by atoms with van der Waals surface area (Å²) in [6.07, 6.45) is -4.51. The molecule has 0 bridgehead atoms. The molecule has 3 heterocycles. The summed E-state index contributed by atoms with van der Waals surface area (Å²) >= 11 is 0. The van der Waals surface area contributed by atoms with Crippen LogP contribution in [0.15, 0.2) is 48.5 Å². The maximum Gasteiger partial charge on any atom is 0.246 e. The van der Waals surface area contributed by atoms with Crippen molar-refractivity contribution >= 4 is 173 Å². The summed E-state index contributed by atoms with van der Waals surface area (Å²) in [6.45, 7) is 11.9. The Hall–Kier alpha value is -12.3. The van der Waals surface area contributed by atoms with Gasteiger partial charge in [0.05, 0.1) is 38.0 Å². The summed E-state index contributed by atoms with van der Waals surface area (Å²) in [4.78, 5) is 311. The summed E-state index contributed by atoms with van der Waals surface area (Å²) in [5.74, 6) is -26.9. The van der Waals surface area contributed by atoms with Crippen molar-refractivity contribution in [3.63, 3.8) is 0 Å². The van der Waals surface area contributed by atoms with E-state index in [1.165, 1.54) is 62.4 Å². The van der Waals surface area contributed by atoms with Crippen molar-refractivity contribution in [1.29, 1.82) is 0 Å². The van der Waals surface area contributed by atoms with Gasteiger partial charge >= 0.3 is 0 Å². The van der Waals surface area contributed by atoms with Crippen molar-refractivity contribution in [1.82, 2.24) is 84.2 Å². The van der Waals surface area contributed by atoms with Crippen LogP contribution in [-0.2, 0) is 118 Å². The Morgan fingerprint density at radius 3 is 1.00 bits per heavy atom. The smallest absolute Gasteiger partial charge is 0.246 e. The minimum absolute atomic E-state index is 0.00372. The number of nitrogens with two attached hydrogens (primary N) is 8. The average molecular weight is 2010 g/mol. The lowest BCUT2D eigenvalue weighted by Crippen LogP contribution is -2.61. The predicted octanol–water partition coefficient (Wildman–Crippen LogP) is -7.22. The van der Waals surface area contributed by atoms with Gasteiger partial charge in [-0.05, 0) is 110 Å².